The van der Waals surface area contributed by atoms with Crippen LogP contribution in [0.2, 0.25) is 0 Å². The molecule has 1 amide bonds. The van der Waals surface area contributed by atoms with Crippen LogP contribution in [0.3, 0.4) is 0 Å². The molecule has 6 heteroatoms. The number of amides is 1. The highest BCUT2D eigenvalue weighted by atomic mass is 19.1. The first-order valence-electron chi connectivity index (χ1n) is 6.27. The van der Waals surface area contributed by atoms with Gasteiger partial charge in [0.1, 0.15) is 5.82 Å². The molecule has 1 aliphatic rings. The predicted octanol–water partition coefficient (Wildman–Crippen LogP) is 1.51. The highest BCUT2D eigenvalue weighted by Gasteiger charge is 2.23. The van der Waals surface area contributed by atoms with Gasteiger partial charge in [-0.1, -0.05) is 6.58 Å². The van der Waals surface area contributed by atoms with E-state index in [1.165, 1.54) is 6.08 Å². The molecule has 2 heterocycles. The van der Waals surface area contributed by atoms with E-state index < -0.39 is 5.82 Å². The molecule has 1 fully saturated rings. The molecule has 1 aromatic heterocycles. The van der Waals surface area contributed by atoms with Crippen LogP contribution in [0.15, 0.2) is 18.9 Å². The van der Waals surface area contributed by atoms with Crippen molar-refractivity contribution in [3.63, 3.8) is 0 Å². The minimum absolute atomic E-state index is 0.00134. The van der Waals surface area contributed by atoms with Gasteiger partial charge in [0.25, 0.3) is 0 Å². The van der Waals surface area contributed by atoms with E-state index in [1.807, 2.05) is 0 Å². The van der Waals surface area contributed by atoms with Gasteiger partial charge in [0.05, 0.1) is 6.20 Å². The normalized spacial score (nSPS) is 19.1. The van der Waals surface area contributed by atoms with E-state index in [-0.39, 0.29) is 17.8 Å². The largest absolute Gasteiger partial charge is 0.363 e. The Morgan fingerprint density at radius 3 is 3.21 bits per heavy atom. The summed E-state index contributed by atoms with van der Waals surface area (Å²) in [4.78, 5) is 21.1. The number of piperidine rings is 1. The van der Waals surface area contributed by atoms with Gasteiger partial charge in [-0.25, -0.2) is 14.4 Å². The molecule has 5 nitrogen and oxygen atoms in total. The molecule has 0 saturated carbocycles. The van der Waals surface area contributed by atoms with Crippen LogP contribution in [0.1, 0.15) is 18.7 Å². The number of likely N-dealkylation sites (tertiary alicyclic amines) is 1. The zero-order valence-electron chi connectivity index (χ0n) is 10.9. The fourth-order valence-corrected chi connectivity index (χ4v) is 2.17. The van der Waals surface area contributed by atoms with E-state index in [0.29, 0.717) is 18.9 Å². The van der Waals surface area contributed by atoms with E-state index in [2.05, 4.69) is 21.9 Å². The average molecular weight is 264 g/mol. The summed E-state index contributed by atoms with van der Waals surface area (Å²) in [5.41, 5.74) is 0. The van der Waals surface area contributed by atoms with Crippen LogP contribution in [-0.4, -0.2) is 39.9 Å². The Hall–Kier alpha value is -1.98. The number of halogens is 1. The predicted molar refractivity (Wildman–Crippen MR) is 70.1 cm³/mol. The molecular weight excluding hydrogens is 247 g/mol. The molecule has 2 rings (SSSR count). The second-order valence-electron chi connectivity index (χ2n) is 4.59. The smallest absolute Gasteiger partial charge is 0.246 e. The lowest BCUT2D eigenvalue weighted by molar-refractivity contribution is -0.127. The summed E-state index contributed by atoms with van der Waals surface area (Å²) in [6.45, 7) is 6.44. The zero-order chi connectivity index (χ0) is 13.8. The topological polar surface area (TPSA) is 58.1 Å². The van der Waals surface area contributed by atoms with Crippen LogP contribution in [0.5, 0.6) is 0 Å². The number of hydrogen-bond donors (Lipinski definition) is 1. The molecule has 0 aromatic carbocycles. The van der Waals surface area contributed by atoms with Crippen LogP contribution in [-0.2, 0) is 4.79 Å². The maximum Gasteiger partial charge on any atom is 0.246 e. The van der Waals surface area contributed by atoms with E-state index >= 15 is 0 Å². The Bertz CT molecular complexity index is 492. The quantitative estimate of drug-likeness (QED) is 0.841. The van der Waals surface area contributed by atoms with Crippen molar-refractivity contribution in [2.24, 2.45) is 0 Å². The summed E-state index contributed by atoms with van der Waals surface area (Å²) >= 11 is 0. The molecular formula is C13H17FN4O. The number of nitrogens with one attached hydrogen (secondary N) is 1. The highest BCUT2D eigenvalue weighted by molar-refractivity contribution is 5.87. The monoisotopic (exact) mass is 264 g/mol. The number of aryl methyl sites for hydroxylation is 1. The Morgan fingerprint density at radius 1 is 1.68 bits per heavy atom. The van der Waals surface area contributed by atoms with E-state index in [0.717, 1.165) is 19.0 Å². The molecule has 0 bridgehead atoms. The van der Waals surface area contributed by atoms with Crippen molar-refractivity contribution in [3.8, 4) is 0 Å². The number of rotatable bonds is 3. The zero-order valence-corrected chi connectivity index (χ0v) is 10.9. The Morgan fingerprint density at radius 2 is 2.47 bits per heavy atom. The van der Waals surface area contributed by atoms with Gasteiger partial charge in [-0.05, 0) is 25.8 Å². The summed E-state index contributed by atoms with van der Waals surface area (Å²) in [5.74, 6) is 0.146. The van der Waals surface area contributed by atoms with Crippen molar-refractivity contribution in [2.75, 3.05) is 18.4 Å². The summed E-state index contributed by atoms with van der Waals surface area (Å²) in [6, 6.07) is 0.00134. The molecule has 102 valence electrons. The molecule has 0 radical (unpaired) electrons. The first-order valence-corrected chi connectivity index (χ1v) is 6.27. The number of anilines is 1. The number of aromatic nitrogens is 2. The summed E-state index contributed by atoms with van der Waals surface area (Å²) in [6.07, 6.45) is 4.21. The molecule has 1 aliphatic heterocycles. The molecule has 1 aromatic rings. The van der Waals surface area contributed by atoms with Gasteiger partial charge in [-0.3, -0.25) is 4.79 Å². The Balaban J connectivity index is 2.04. The van der Waals surface area contributed by atoms with Crippen LogP contribution < -0.4 is 5.32 Å². The number of carbonyl (C=O) groups excluding carboxylic acids is 1. The first kappa shape index (κ1) is 13.5. The van der Waals surface area contributed by atoms with Crippen LogP contribution in [0.4, 0.5) is 10.2 Å². The SMILES string of the molecule is C=CC(=O)N1CCCC(Nc2nc(C)ncc2F)C1. The lowest BCUT2D eigenvalue weighted by atomic mass is 10.1. The number of nitrogens with zero attached hydrogens (tertiary/aromatic N) is 3. The van der Waals surface area contributed by atoms with Gasteiger partial charge in [0.2, 0.25) is 5.91 Å². The summed E-state index contributed by atoms with van der Waals surface area (Å²) in [5, 5.41) is 3.04. The van der Waals surface area contributed by atoms with Crippen molar-refractivity contribution >= 4 is 11.7 Å². The van der Waals surface area contributed by atoms with Crippen molar-refractivity contribution in [3.05, 3.63) is 30.5 Å². The van der Waals surface area contributed by atoms with Crippen molar-refractivity contribution in [2.45, 2.75) is 25.8 Å². The van der Waals surface area contributed by atoms with Gasteiger partial charge >= 0.3 is 0 Å². The third-order valence-corrected chi connectivity index (χ3v) is 3.11. The van der Waals surface area contributed by atoms with Crippen LogP contribution in [0.25, 0.3) is 0 Å². The van der Waals surface area contributed by atoms with Crippen LogP contribution >= 0.6 is 0 Å². The van der Waals surface area contributed by atoms with Gasteiger partial charge in [-0.2, -0.15) is 0 Å². The third kappa shape index (κ3) is 3.27. The Labute approximate surface area is 111 Å². The second kappa shape index (κ2) is 5.77. The maximum absolute atomic E-state index is 13.6. The molecule has 1 N–H and O–H groups in total. The van der Waals surface area contributed by atoms with E-state index in [9.17, 15) is 9.18 Å². The molecule has 0 spiro atoms. The minimum atomic E-state index is -0.474. The lowest BCUT2D eigenvalue weighted by Crippen LogP contribution is -2.44. The standard InChI is InChI=1S/C13H17FN4O/c1-3-12(19)18-6-4-5-10(8-18)17-13-11(14)7-15-9(2)16-13/h3,7,10H,1,4-6,8H2,2H3,(H,15,16,17). The van der Waals surface area contributed by atoms with Crippen LogP contribution in [0, 0.1) is 12.7 Å². The number of hydrogen-bond acceptors (Lipinski definition) is 4. The second-order valence-corrected chi connectivity index (χ2v) is 4.59. The van der Waals surface area contributed by atoms with Gasteiger partial charge < -0.3 is 10.2 Å². The Kier molecular flexibility index (Phi) is 4.09. The fraction of sp³-hybridized carbons (Fsp3) is 0.462. The first-order chi connectivity index (χ1) is 9.10. The van der Waals surface area contributed by atoms with E-state index in [4.69, 9.17) is 0 Å². The molecule has 1 saturated heterocycles. The maximum atomic E-state index is 13.6. The van der Waals surface area contributed by atoms with Crippen molar-refractivity contribution in [1.82, 2.24) is 14.9 Å². The molecule has 0 aliphatic carbocycles. The average Bonchev–Trinajstić information content (AvgIpc) is 2.42. The van der Waals surface area contributed by atoms with Crippen molar-refractivity contribution in [1.29, 1.82) is 0 Å². The van der Waals surface area contributed by atoms with Gasteiger partial charge in [0.15, 0.2) is 11.6 Å². The molecule has 1 unspecified atom stereocenters. The fourth-order valence-electron chi connectivity index (χ4n) is 2.17. The lowest BCUT2D eigenvalue weighted by Gasteiger charge is -2.32. The van der Waals surface area contributed by atoms with Crippen molar-refractivity contribution < 1.29 is 9.18 Å². The summed E-state index contributed by atoms with van der Waals surface area (Å²) < 4.78 is 13.6. The van der Waals surface area contributed by atoms with E-state index in [1.54, 1.807) is 11.8 Å². The van der Waals surface area contributed by atoms with Gasteiger partial charge in [-0.15, -0.1) is 0 Å². The van der Waals surface area contributed by atoms with Gasteiger partial charge in [0, 0.05) is 19.1 Å². The highest BCUT2D eigenvalue weighted by Crippen LogP contribution is 2.17. The summed E-state index contributed by atoms with van der Waals surface area (Å²) in [7, 11) is 0. The minimum Gasteiger partial charge on any atom is -0.363 e. The molecule has 19 heavy (non-hydrogen) atoms. The molecule has 1 atom stereocenters. The third-order valence-electron chi connectivity index (χ3n) is 3.11. The number of carbonyl (C=O) groups is 1.